The van der Waals surface area contributed by atoms with Gasteiger partial charge in [-0.3, -0.25) is 9.32 Å². The Hall–Kier alpha value is 1.03. The quantitative estimate of drug-likeness (QED) is 0.406. The molecule has 0 bridgehead atoms. The van der Waals surface area contributed by atoms with Crippen LogP contribution in [0, 0.1) is 0 Å². The normalized spacial score (nSPS) is 4.00. The SMILES string of the molecule is O=C(O)O.OCl.OCl.[CaH2]. The van der Waals surface area contributed by atoms with Crippen LogP contribution in [0.3, 0.4) is 0 Å². The Morgan fingerprint density at radius 2 is 1.00 bits per heavy atom. The van der Waals surface area contributed by atoms with Crippen LogP contribution in [-0.4, -0.2) is 63.4 Å². The van der Waals surface area contributed by atoms with Gasteiger partial charge in [-0.15, -0.1) is 0 Å². The molecule has 0 aromatic rings. The van der Waals surface area contributed by atoms with Crippen molar-refractivity contribution in [2.45, 2.75) is 0 Å². The molecule has 0 aromatic heterocycles. The van der Waals surface area contributed by atoms with E-state index in [1.54, 1.807) is 0 Å². The molecule has 0 amide bonds. The van der Waals surface area contributed by atoms with Crippen LogP contribution in [0.25, 0.3) is 0 Å². The fraction of sp³-hybridized carbons (Fsp3) is 0. The Morgan fingerprint density at radius 1 is 1.00 bits per heavy atom. The van der Waals surface area contributed by atoms with E-state index in [0.29, 0.717) is 0 Å². The molecule has 0 spiro atoms. The van der Waals surface area contributed by atoms with Crippen molar-refractivity contribution < 1.29 is 24.3 Å². The van der Waals surface area contributed by atoms with Crippen LogP contribution in [-0.2, 0) is 0 Å². The van der Waals surface area contributed by atoms with Crippen molar-refractivity contribution in [3.05, 3.63) is 0 Å². The molecule has 0 saturated carbocycles. The molecule has 0 rings (SSSR count). The van der Waals surface area contributed by atoms with E-state index in [-0.39, 0.29) is 37.7 Å². The van der Waals surface area contributed by atoms with Crippen molar-refractivity contribution in [3.8, 4) is 0 Å². The summed E-state index contributed by atoms with van der Waals surface area (Å²) >= 11 is 7.28. The number of hydrogen-bond acceptors (Lipinski definition) is 3. The minimum absolute atomic E-state index is 0. The third-order valence-corrected chi connectivity index (χ3v) is 0. The van der Waals surface area contributed by atoms with E-state index in [4.69, 9.17) is 24.3 Å². The van der Waals surface area contributed by atoms with Gasteiger partial charge in [-0.1, -0.05) is 0 Å². The van der Waals surface area contributed by atoms with Gasteiger partial charge in [0.25, 0.3) is 0 Å². The number of halogens is 2. The second-order valence-corrected chi connectivity index (χ2v) is 0.283. The Balaban J connectivity index is -0.0000000221. The average Bonchev–Trinajstić information content (AvgIpc) is 1.75. The monoisotopic (exact) mass is 208 g/mol. The molecule has 0 unspecified atom stereocenters. The number of hydrogen-bond donors (Lipinski definition) is 4. The Morgan fingerprint density at radius 3 is 1.00 bits per heavy atom. The topological polar surface area (TPSA) is 98.0 Å². The fourth-order valence-electron chi connectivity index (χ4n) is 0. The van der Waals surface area contributed by atoms with Gasteiger partial charge in [-0.05, 0) is 0 Å². The molecule has 0 aliphatic carbocycles. The summed E-state index contributed by atoms with van der Waals surface area (Å²) < 4.78 is 12.9. The van der Waals surface area contributed by atoms with E-state index in [1.165, 1.54) is 0 Å². The second-order valence-electron chi connectivity index (χ2n) is 0.283. The fourth-order valence-corrected chi connectivity index (χ4v) is 0. The zero-order chi connectivity index (χ0) is 7.58. The summed E-state index contributed by atoms with van der Waals surface area (Å²) in [7, 11) is 0. The van der Waals surface area contributed by atoms with Crippen molar-refractivity contribution in [3.63, 3.8) is 0 Å². The molecular formula is CH6CaCl2O5. The van der Waals surface area contributed by atoms with Crippen LogP contribution in [0.15, 0.2) is 0 Å². The van der Waals surface area contributed by atoms with Gasteiger partial charge in [0.05, 0.1) is 23.7 Å². The molecular weight excluding hydrogens is 203 g/mol. The number of carboxylic acid groups (broad SMARTS) is 2. The summed E-state index contributed by atoms with van der Waals surface area (Å²) in [5.74, 6) is 0. The van der Waals surface area contributed by atoms with Crippen LogP contribution in [0.4, 0.5) is 4.79 Å². The molecule has 0 fully saturated rings. The first-order valence-electron chi connectivity index (χ1n) is 0.989. The summed E-state index contributed by atoms with van der Waals surface area (Å²) in [5, 5.41) is 13.9. The molecule has 0 aromatic carbocycles. The summed E-state index contributed by atoms with van der Waals surface area (Å²) in [6, 6.07) is 0. The first kappa shape index (κ1) is 22.5. The maximum absolute atomic E-state index is 8.56. The number of rotatable bonds is 0. The van der Waals surface area contributed by atoms with Gasteiger partial charge < -0.3 is 10.2 Å². The molecule has 4 N–H and O–H groups in total. The standard InChI is InChI=1S/CH2O3.Ca.2ClHO.2H/c2-1(3)4;;2*1-2;;/h(H2,2,3,4);;2*2H;;. The van der Waals surface area contributed by atoms with E-state index in [9.17, 15) is 0 Å². The van der Waals surface area contributed by atoms with Crippen molar-refractivity contribution >= 4 is 67.6 Å². The Kier molecular flexibility index (Phi) is 89.6. The van der Waals surface area contributed by atoms with E-state index in [0.717, 1.165) is 0 Å². The van der Waals surface area contributed by atoms with E-state index < -0.39 is 6.16 Å². The van der Waals surface area contributed by atoms with Crippen LogP contribution < -0.4 is 0 Å². The van der Waals surface area contributed by atoms with Gasteiger partial charge in [-0.2, -0.15) is 0 Å². The molecule has 0 heterocycles. The van der Waals surface area contributed by atoms with E-state index >= 15 is 0 Å². The molecule has 0 atom stereocenters. The van der Waals surface area contributed by atoms with Crippen LogP contribution >= 0.6 is 23.7 Å². The summed E-state index contributed by atoms with van der Waals surface area (Å²) in [4.78, 5) is 8.56. The summed E-state index contributed by atoms with van der Waals surface area (Å²) in [5.41, 5.74) is 0. The van der Waals surface area contributed by atoms with Crippen molar-refractivity contribution in [1.82, 2.24) is 0 Å². The molecule has 0 aliphatic heterocycles. The number of carbonyl (C=O) groups is 1. The molecule has 8 heteroatoms. The van der Waals surface area contributed by atoms with Gasteiger partial charge in [0.2, 0.25) is 0 Å². The third kappa shape index (κ3) is 421. The summed E-state index contributed by atoms with van der Waals surface area (Å²) in [6.07, 6.45) is -1.83. The summed E-state index contributed by atoms with van der Waals surface area (Å²) in [6.45, 7) is 0. The molecule has 0 aliphatic rings. The predicted octanol–water partition coefficient (Wildman–Crippen LogP) is -0.429. The van der Waals surface area contributed by atoms with Crippen LogP contribution in [0.2, 0.25) is 0 Å². The predicted molar refractivity (Wildman–Crippen MR) is 35.3 cm³/mol. The van der Waals surface area contributed by atoms with Gasteiger partial charge in [0.1, 0.15) is 0 Å². The molecule has 0 radical (unpaired) electrons. The third-order valence-electron chi connectivity index (χ3n) is 0. The molecule has 56 valence electrons. The van der Waals surface area contributed by atoms with E-state index in [1.807, 2.05) is 0 Å². The molecule has 0 saturated heterocycles. The van der Waals surface area contributed by atoms with Gasteiger partial charge in [-0.25, -0.2) is 4.79 Å². The average molecular weight is 209 g/mol. The minimum atomic E-state index is -1.83. The van der Waals surface area contributed by atoms with Gasteiger partial charge in [0.15, 0.2) is 0 Å². The first-order valence-corrected chi connectivity index (χ1v) is 1.67. The van der Waals surface area contributed by atoms with Crippen LogP contribution in [0.1, 0.15) is 0 Å². The molecule has 5 nitrogen and oxygen atoms in total. The second kappa shape index (κ2) is 35.9. The zero-order valence-corrected chi connectivity index (χ0v) is 4.96. The first-order chi connectivity index (χ1) is 3.73. The zero-order valence-electron chi connectivity index (χ0n) is 3.45. The van der Waals surface area contributed by atoms with Crippen molar-refractivity contribution in [2.75, 3.05) is 0 Å². The maximum atomic E-state index is 8.56. The Bertz CT molecular complexity index is 37.9. The van der Waals surface area contributed by atoms with Crippen LogP contribution in [0.5, 0.6) is 0 Å². The van der Waals surface area contributed by atoms with Crippen molar-refractivity contribution in [1.29, 1.82) is 0 Å². The molecule has 9 heavy (non-hydrogen) atoms. The van der Waals surface area contributed by atoms with Gasteiger partial charge >= 0.3 is 43.9 Å². The van der Waals surface area contributed by atoms with Crippen molar-refractivity contribution in [2.24, 2.45) is 0 Å². The van der Waals surface area contributed by atoms with E-state index in [2.05, 4.69) is 23.7 Å². The Labute approximate surface area is 91.2 Å². The van der Waals surface area contributed by atoms with Gasteiger partial charge in [0, 0.05) is 0 Å².